The van der Waals surface area contributed by atoms with Crippen molar-refractivity contribution in [3.63, 3.8) is 0 Å². The zero-order valence-corrected chi connectivity index (χ0v) is 12.8. The first-order valence-corrected chi connectivity index (χ1v) is 8.04. The van der Waals surface area contributed by atoms with Gasteiger partial charge in [-0.25, -0.2) is 0 Å². The predicted molar refractivity (Wildman–Crippen MR) is 84.7 cm³/mol. The normalized spacial score (nSPS) is 14.3. The highest BCUT2D eigenvalue weighted by Crippen LogP contribution is 2.18. The van der Waals surface area contributed by atoms with Gasteiger partial charge in [0.1, 0.15) is 0 Å². The standard InChI is InChI=1S/C15H26N2S/c1-5-14(16)10-13-6-8-15(9-7-13)17(3)12(2)11-18-4/h6-9,12,14H,5,10-11,16H2,1-4H3. The summed E-state index contributed by atoms with van der Waals surface area (Å²) in [6, 6.07) is 9.65. The molecule has 0 spiro atoms. The molecular weight excluding hydrogens is 240 g/mol. The second kappa shape index (κ2) is 7.70. The lowest BCUT2D eigenvalue weighted by Gasteiger charge is -2.26. The molecule has 18 heavy (non-hydrogen) atoms. The van der Waals surface area contributed by atoms with Gasteiger partial charge in [0, 0.05) is 30.6 Å². The maximum atomic E-state index is 5.98. The molecule has 2 atom stereocenters. The number of hydrogen-bond donors (Lipinski definition) is 1. The van der Waals surface area contributed by atoms with Crippen LogP contribution in [0.25, 0.3) is 0 Å². The van der Waals surface area contributed by atoms with E-state index in [1.807, 2.05) is 11.8 Å². The van der Waals surface area contributed by atoms with E-state index in [9.17, 15) is 0 Å². The molecular formula is C15H26N2S. The molecule has 0 bridgehead atoms. The van der Waals surface area contributed by atoms with Gasteiger partial charge < -0.3 is 10.6 Å². The molecule has 0 heterocycles. The number of hydrogen-bond acceptors (Lipinski definition) is 3. The molecule has 0 radical (unpaired) electrons. The summed E-state index contributed by atoms with van der Waals surface area (Å²) in [5.74, 6) is 1.15. The minimum Gasteiger partial charge on any atom is -0.371 e. The van der Waals surface area contributed by atoms with E-state index in [1.165, 1.54) is 11.3 Å². The molecule has 0 aromatic heterocycles. The Kier molecular flexibility index (Phi) is 6.58. The molecule has 0 aliphatic carbocycles. The van der Waals surface area contributed by atoms with Crippen LogP contribution in [0.5, 0.6) is 0 Å². The van der Waals surface area contributed by atoms with E-state index in [2.05, 4.69) is 56.3 Å². The molecule has 1 rings (SSSR count). The Labute approximate surface area is 116 Å². The summed E-state index contributed by atoms with van der Waals surface area (Å²) >= 11 is 1.89. The monoisotopic (exact) mass is 266 g/mol. The van der Waals surface area contributed by atoms with Crippen molar-refractivity contribution in [2.24, 2.45) is 5.73 Å². The summed E-state index contributed by atoms with van der Waals surface area (Å²) < 4.78 is 0. The largest absolute Gasteiger partial charge is 0.371 e. The Morgan fingerprint density at radius 2 is 1.89 bits per heavy atom. The minimum absolute atomic E-state index is 0.281. The molecule has 1 aromatic carbocycles. The fourth-order valence-electron chi connectivity index (χ4n) is 1.92. The zero-order valence-electron chi connectivity index (χ0n) is 12.0. The summed E-state index contributed by atoms with van der Waals surface area (Å²) in [6.45, 7) is 4.40. The van der Waals surface area contributed by atoms with Crippen molar-refractivity contribution in [3.05, 3.63) is 29.8 Å². The first-order chi connectivity index (χ1) is 8.58. The van der Waals surface area contributed by atoms with Gasteiger partial charge in [0.25, 0.3) is 0 Å². The number of nitrogens with two attached hydrogens (primary N) is 1. The van der Waals surface area contributed by atoms with Crippen LogP contribution >= 0.6 is 11.8 Å². The number of benzene rings is 1. The lowest BCUT2D eigenvalue weighted by molar-refractivity contribution is 0.646. The minimum atomic E-state index is 0.281. The Morgan fingerprint density at radius 3 is 2.39 bits per heavy atom. The molecule has 0 amide bonds. The van der Waals surface area contributed by atoms with Crippen LogP contribution in [-0.4, -0.2) is 31.1 Å². The molecule has 0 fully saturated rings. The van der Waals surface area contributed by atoms with Crippen molar-refractivity contribution < 1.29 is 0 Å². The Morgan fingerprint density at radius 1 is 1.28 bits per heavy atom. The van der Waals surface area contributed by atoms with Crippen LogP contribution < -0.4 is 10.6 Å². The molecule has 2 nitrogen and oxygen atoms in total. The van der Waals surface area contributed by atoms with Crippen molar-refractivity contribution in [2.45, 2.75) is 38.8 Å². The van der Waals surface area contributed by atoms with Gasteiger partial charge in [-0.1, -0.05) is 19.1 Å². The Hall–Kier alpha value is -0.670. The third-order valence-corrected chi connectivity index (χ3v) is 4.25. The highest BCUT2D eigenvalue weighted by atomic mass is 32.2. The van der Waals surface area contributed by atoms with E-state index in [0.29, 0.717) is 6.04 Å². The van der Waals surface area contributed by atoms with Crippen molar-refractivity contribution in [3.8, 4) is 0 Å². The first-order valence-electron chi connectivity index (χ1n) is 6.64. The fraction of sp³-hybridized carbons (Fsp3) is 0.600. The number of nitrogens with zero attached hydrogens (tertiary/aromatic N) is 1. The lowest BCUT2D eigenvalue weighted by atomic mass is 10.0. The number of thioether (sulfide) groups is 1. The molecule has 0 aliphatic heterocycles. The summed E-state index contributed by atoms with van der Waals surface area (Å²) in [7, 11) is 2.16. The topological polar surface area (TPSA) is 29.3 Å². The van der Waals surface area contributed by atoms with Crippen LogP contribution in [0.4, 0.5) is 5.69 Å². The van der Waals surface area contributed by atoms with Gasteiger partial charge in [0.2, 0.25) is 0 Å². The maximum absolute atomic E-state index is 5.98. The van der Waals surface area contributed by atoms with E-state index in [1.54, 1.807) is 0 Å². The van der Waals surface area contributed by atoms with E-state index in [4.69, 9.17) is 5.73 Å². The van der Waals surface area contributed by atoms with E-state index in [0.717, 1.165) is 18.6 Å². The Balaban J connectivity index is 2.64. The van der Waals surface area contributed by atoms with Crippen LogP contribution in [0.1, 0.15) is 25.8 Å². The summed E-state index contributed by atoms with van der Waals surface area (Å²) in [6.07, 6.45) is 4.16. The van der Waals surface area contributed by atoms with Gasteiger partial charge in [-0.2, -0.15) is 11.8 Å². The maximum Gasteiger partial charge on any atom is 0.0366 e. The van der Waals surface area contributed by atoms with E-state index >= 15 is 0 Å². The second-order valence-electron chi connectivity index (χ2n) is 4.95. The predicted octanol–water partition coefficient (Wildman–Crippen LogP) is 3.15. The molecule has 1 aromatic rings. The van der Waals surface area contributed by atoms with Crippen LogP contribution in [-0.2, 0) is 6.42 Å². The molecule has 0 saturated heterocycles. The smallest absolute Gasteiger partial charge is 0.0366 e. The fourth-order valence-corrected chi connectivity index (χ4v) is 2.63. The third-order valence-electron chi connectivity index (χ3n) is 3.43. The van der Waals surface area contributed by atoms with E-state index < -0.39 is 0 Å². The van der Waals surface area contributed by atoms with Crippen molar-refractivity contribution in [1.82, 2.24) is 0 Å². The van der Waals surface area contributed by atoms with Crippen molar-refractivity contribution in [2.75, 3.05) is 24.0 Å². The zero-order chi connectivity index (χ0) is 13.5. The van der Waals surface area contributed by atoms with Gasteiger partial charge in [-0.3, -0.25) is 0 Å². The van der Waals surface area contributed by atoms with Crippen molar-refractivity contribution in [1.29, 1.82) is 0 Å². The van der Waals surface area contributed by atoms with Gasteiger partial charge in [-0.15, -0.1) is 0 Å². The average Bonchev–Trinajstić information content (AvgIpc) is 2.39. The quantitative estimate of drug-likeness (QED) is 0.822. The lowest BCUT2D eigenvalue weighted by Crippen LogP contribution is -2.30. The highest BCUT2D eigenvalue weighted by Gasteiger charge is 2.09. The van der Waals surface area contributed by atoms with Crippen LogP contribution in [0.3, 0.4) is 0 Å². The first kappa shape index (κ1) is 15.4. The highest BCUT2D eigenvalue weighted by molar-refractivity contribution is 7.98. The molecule has 0 aliphatic rings. The molecule has 2 unspecified atom stereocenters. The van der Waals surface area contributed by atoms with Gasteiger partial charge in [0.05, 0.1) is 0 Å². The number of anilines is 1. The molecule has 3 heteroatoms. The van der Waals surface area contributed by atoms with Crippen LogP contribution in [0.15, 0.2) is 24.3 Å². The van der Waals surface area contributed by atoms with Crippen molar-refractivity contribution >= 4 is 17.4 Å². The SMILES string of the molecule is CCC(N)Cc1ccc(N(C)C(C)CSC)cc1. The van der Waals surface area contributed by atoms with Gasteiger partial charge in [0.15, 0.2) is 0 Å². The molecule has 2 N–H and O–H groups in total. The summed E-state index contributed by atoms with van der Waals surface area (Å²) in [5.41, 5.74) is 8.59. The summed E-state index contributed by atoms with van der Waals surface area (Å²) in [5, 5.41) is 0. The van der Waals surface area contributed by atoms with Crippen LogP contribution in [0, 0.1) is 0 Å². The second-order valence-corrected chi connectivity index (χ2v) is 5.86. The number of rotatable bonds is 7. The third kappa shape index (κ3) is 4.54. The van der Waals surface area contributed by atoms with Gasteiger partial charge in [-0.05, 0) is 43.7 Å². The average molecular weight is 266 g/mol. The van der Waals surface area contributed by atoms with Gasteiger partial charge >= 0.3 is 0 Å². The Bertz CT molecular complexity index is 337. The molecule has 0 saturated carbocycles. The van der Waals surface area contributed by atoms with Crippen LogP contribution in [0.2, 0.25) is 0 Å². The van der Waals surface area contributed by atoms with E-state index in [-0.39, 0.29) is 6.04 Å². The molecule has 102 valence electrons. The summed E-state index contributed by atoms with van der Waals surface area (Å²) in [4.78, 5) is 2.33.